The zero-order valence-corrected chi connectivity index (χ0v) is 12.5. The van der Waals surface area contributed by atoms with Crippen LogP contribution >= 0.6 is 0 Å². The number of carbonyl (C=O) groups excluding carboxylic acids is 1. The second-order valence-electron chi connectivity index (χ2n) is 5.67. The van der Waals surface area contributed by atoms with Crippen LogP contribution in [0.5, 0.6) is 0 Å². The van der Waals surface area contributed by atoms with Crippen LogP contribution in [0.1, 0.15) is 34.8 Å². The van der Waals surface area contributed by atoms with E-state index >= 15 is 0 Å². The van der Waals surface area contributed by atoms with Crippen LogP contribution < -0.4 is 0 Å². The average Bonchev–Trinajstić information content (AvgIpc) is 3.06. The summed E-state index contributed by atoms with van der Waals surface area (Å²) in [6, 6.07) is 3.51. The van der Waals surface area contributed by atoms with E-state index in [1.54, 1.807) is 36.9 Å². The van der Waals surface area contributed by atoms with Gasteiger partial charge in [0.15, 0.2) is 5.65 Å². The summed E-state index contributed by atoms with van der Waals surface area (Å²) in [6.45, 7) is 1.46. The molecule has 7 heteroatoms. The van der Waals surface area contributed by atoms with Crippen molar-refractivity contribution in [3.63, 3.8) is 0 Å². The fourth-order valence-electron chi connectivity index (χ4n) is 3.10. The third-order valence-electron chi connectivity index (χ3n) is 4.33. The Bertz CT molecular complexity index is 823. The Labute approximate surface area is 132 Å². The molecule has 0 aliphatic carbocycles. The minimum absolute atomic E-state index is 0.0695. The molecule has 0 spiro atoms. The highest BCUT2D eigenvalue weighted by Gasteiger charge is 2.27. The monoisotopic (exact) mass is 308 g/mol. The lowest BCUT2D eigenvalue weighted by atomic mass is 9.92. The van der Waals surface area contributed by atoms with Crippen LogP contribution in [0.3, 0.4) is 0 Å². The Kier molecular flexibility index (Phi) is 3.45. The molecular formula is C16H16N6O. The minimum atomic E-state index is 0.0695. The van der Waals surface area contributed by atoms with Crippen molar-refractivity contribution in [2.24, 2.45) is 0 Å². The van der Waals surface area contributed by atoms with Gasteiger partial charge in [0.2, 0.25) is 0 Å². The Morgan fingerprint density at radius 3 is 2.61 bits per heavy atom. The summed E-state index contributed by atoms with van der Waals surface area (Å²) in [6.07, 6.45) is 8.41. The van der Waals surface area contributed by atoms with Crippen LogP contribution in [-0.2, 0) is 0 Å². The SMILES string of the molecule is O=C(c1ccncc1)N1CCC(c2[nH]nc3nccnc23)CC1. The lowest BCUT2D eigenvalue weighted by Gasteiger charge is -2.31. The van der Waals surface area contributed by atoms with Crippen molar-refractivity contribution >= 4 is 17.1 Å². The number of likely N-dealkylation sites (tertiary alicyclic amines) is 1. The molecule has 0 atom stereocenters. The van der Waals surface area contributed by atoms with Gasteiger partial charge < -0.3 is 4.90 Å². The lowest BCUT2D eigenvalue weighted by molar-refractivity contribution is 0.0712. The molecule has 1 aliphatic rings. The third kappa shape index (κ3) is 2.54. The predicted octanol–water partition coefficient (Wildman–Crippen LogP) is 1.77. The van der Waals surface area contributed by atoms with Gasteiger partial charge in [0.1, 0.15) is 5.52 Å². The van der Waals surface area contributed by atoms with E-state index in [1.807, 2.05) is 4.90 Å². The first-order valence-corrected chi connectivity index (χ1v) is 7.67. The molecule has 0 bridgehead atoms. The first kappa shape index (κ1) is 13.8. The number of hydrogen-bond donors (Lipinski definition) is 1. The largest absolute Gasteiger partial charge is 0.339 e. The van der Waals surface area contributed by atoms with E-state index in [0.29, 0.717) is 17.1 Å². The van der Waals surface area contributed by atoms with E-state index < -0.39 is 0 Å². The third-order valence-corrected chi connectivity index (χ3v) is 4.33. The topological polar surface area (TPSA) is 87.7 Å². The van der Waals surface area contributed by atoms with Gasteiger partial charge in [-0.15, -0.1) is 0 Å². The summed E-state index contributed by atoms with van der Waals surface area (Å²) in [5.74, 6) is 0.401. The Morgan fingerprint density at radius 2 is 1.83 bits per heavy atom. The number of hydrogen-bond acceptors (Lipinski definition) is 5. The molecule has 4 rings (SSSR count). The summed E-state index contributed by atoms with van der Waals surface area (Å²) in [7, 11) is 0. The summed E-state index contributed by atoms with van der Waals surface area (Å²) < 4.78 is 0. The normalized spacial score (nSPS) is 15.9. The molecular weight excluding hydrogens is 292 g/mol. The molecule has 3 aromatic heterocycles. The van der Waals surface area contributed by atoms with E-state index in [1.165, 1.54) is 0 Å². The molecule has 116 valence electrons. The molecule has 23 heavy (non-hydrogen) atoms. The Hall–Kier alpha value is -2.83. The van der Waals surface area contributed by atoms with Crippen molar-refractivity contribution in [2.75, 3.05) is 13.1 Å². The van der Waals surface area contributed by atoms with Gasteiger partial charge in [-0.25, -0.2) is 9.97 Å². The average molecular weight is 308 g/mol. The van der Waals surface area contributed by atoms with Gasteiger partial charge in [-0.1, -0.05) is 0 Å². The Balaban J connectivity index is 1.48. The van der Waals surface area contributed by atoms with Gasteiger partial charge in [0, 0.05) is 49.4 Å². The molecule has 7 nitrogen and oxygen atoms in total. The molecule has 1 amide bonds. The standard InChI is InChI=1S/C16H16N6O/c23-16(12-1-5-17-6-2-12)22-9-3-11(4-10-22)13-14-15(21-20-13)19-8-7-18-14/h1-2,5-8,11H,3-4,9-10H2,(H,19,20,21). The predicted molar refractivity (Wildman–Crippen MR) is 83.8 cm³/mol. The molecule has 1 fully saturated rings. The van der Waals surface area contributed by atoms with Gasteiger partial charge in [-0.05, 0) is 25.0 Å². The van der Waals surface area contributed by atoms with Crippen molar-refractivity contribution in [1.29, 1.82) is 0 Å². The van der Waals surface area contributed by atoms with Gasteiger partial charge in [0.05, 0.1) is 5.69 Å². The molecule has 0 radical (unpaired) electrons. The number of pyridine rings is 1. The number of amides is 1. The van der Waals surface area contributed by atoms with E-state index in [9.17, 15) is 4.79 Å². The highest BCUT2D eigenvalue weighted by molar-refractivity contribution is 5.94. The fourth-order valence-corrected chi connectivity index (χ4v) is 3.10. The summed E-state index contributed by atoms with van der Waals surface area (Å²) in [5, 5.41) is 7.28. The number of piperidine rings is 1. The summed E-state index contributed by atoms with van der Waals surface area (Å²) in [5.41, 5.74) is 3.21. The maximum absolute atomic E-state index is 12.5. The number of H-pyrrole nitrogens is 1. The van der Waals surface area contributed by atoms with Crippen molar-refractivity contribution < 1.29 is 4.79 Å². The van der Waals surface area contributed by atoms with E-state index in [0.717, 1.165) is 37.1 Å². The number of fused-ring (bicyclic) bond motifs is 1. The quantitative estimate of drug-likeness (QED) is 0.779. The van der Waals surface area contributed by atoms with Crippen LogP contribution in [0.15, 0.2) is 36.9 Å². The van der Waals surface area contributed by atoms with Gasteiger partial charge >= 0.3 is 0 Å². The number of rotatable bonds is 2. The van der Waals surface area contributed by atoms with Gasteiger partial charge in [-0.3, -0.25) is 14.9 Å². The zero-order valence-electron chi connectivity index (χ0n) is 12.5. The summed E-state index contributed by atoms with van der Waals surface area (Å²) in [4.78, 5) is 26.9. The summed E-state index contributed by atoms with van der Waals surface area (Å²) >= 11 is 0. The smallest absolute Gasteiger partial charge is 0.253 e. The second-order valence-corrected chi connectivity index (χ2v) is 5.67. The number of aromatic amines is 1. The highest BCUT2D eigenvalue weighted by atomic mass is 16.2. The molecule has 0 saturated carbocycles. The highest BCUT2D eigenvalue weighted by Crippen LogP contribution is 2.30. The van der Waals surface area contributed by atoms with Crippen LogP contribution in [0.25, 0.3) is 11.2 Å². The molecule has 1 aliphatic heterocycles. The molecule has 3 aromatic rings. The van der Waals surface area contributed by atoms with E-state index in [-0.39, 0.29) is 5.91 Å². The van der Waals surface area contributed by atoms with Crippen molar-refractivity contribution in [3.05, 3.63) is 48.2 Å². The number of nitrogens with one attached hydrogen (secondary N) is 1. The number of nitrogens with zero attached hydrogens (tertiary/aromatic N) is 5. The fraction of sp³-hybridized carbons (Fsp3) is 0.312. The first-order valence-electron chi connectivity index (χ1n) is 7.67. The van der Waals surface area contributed by atoms with E-state index in [4.69, 9.17) is 0 Å². The van der Waals surface area contributed by atoms with E-state index in [2.05, 4.69) is 25.1 Å². The Morgan fingerprint density at radius 1 is 1.09 bits per heavy atom. The molecule has 1 N–H and O–H groups in total. The van der Waals surface area contributed by atoms with Crippen LogP contribution in [0, 0.1) is 0 Å². The lowest BCUT2D eigenvalue weighted by Crippen LogP contribution is -2.38. The molecule has 4 heterocycles. The van der Waals surface area contributed by atoms with Crippen molar-refractivity contribution in [1.82, 2.24) is 30.0 Å². The maximum atomic E-state index is 12.5. The van der Waals surface area contributed by atoms with Crippen LogP contribution in [0.4, 0.5) is 0 Å². The second kappa shape index (κ2) is 5.75. The van der Waals surface area contributed by atoms with Crippen molar-refractivity contribution in [3.8, 4) is 0 Å². The minimum Gasteiger partial charge on any atom is -0.339 e. The maximum Gasteiger partial charge on any atom is 0.253 e. The number of aromatic nitrogens is 5. The van der Waals surface area contributed by atoms with Crippen molar-refractivity contribution in [2.45, 2.75) is 18.8 Å². The van der Waals surface area contributed by atoms with Crippen LogP contribution in [-0.4, -0.2) is 49.0 Å². The first-order chi connectivity index (χ1) is 11.3. The molecule has 0 aromatic carbocycles. The van der Waals surface area contributed by atoms with Crippen LogP contribution in [0.2, 0.25) is 0 Å². The molecule has 1 saturated heterocycles. The number of carbonyl (C=O) groups is 1. The van der Waals surface area contributed by atoms with Gasteiger partial charge in [-0.2, -0.15) is 5.10 Å². The zero-order chi connectivity index (χ0) is 15.6. The molecule has 0 unspecified atom stereocenters. The van der Waals surface area contributed by atoms with Gasteiger partial charge in [0.25, 0.3) is 5.91 Å².